The maximum Gasteiger partial charge on any atom is 0.248 e. The van der Waals surface area contributed by atoms with E-state index in [1.165, 1.54) is 6.07 Å². The highest BCUT2D eigenvalue weighted by molar-refractivity contribution is 6.08. The zero-order chi connectivity index (χ0) is 19.7. The summed E-state index contributed by atoms with van der Waals surface area (Å²) < 4.78 is 0. The van der Waals surface area contributed by atoms with Gasteiger partial charge in [-0.1, -0.05) is 18.2 Å². The van der Waals surface area contributed by atoms with Crippen molar-refractivity contribution in [2.75, 3.05) is 0 Å². The predicted molar refractivity (Wildman–Crippen MR) is 106 cm³/mol. The predicted octanol–water partition coefficient (Wildman–Crippen LogP) is 2.51. The van der Waals surface area contributed by atoms with E-state index >= 15 is 0 Å². The Labute approximate surface area is 155 Å². The molecule has 2 heterocycles. The molecule has 0 fully saturated rings. The number of azo groups is 1. The lowest BCUT2D eigenvalue weighted by Gasteiger charge is -2.01. The van der Waals surface area contributed by atoms with Crippen LogP contribution in [-0.4, -0.2) is 9.97 Å². The molecule has 0 saturated carbocycles. The third-order valence-electron chi connectivity index (χ3n) is 4.12. The number of rotatable bonds is 2. The Morgan fingerprint density at radius 2 is 1.29 bits per heavy atom. The minimum absolute atomic E-state index is 0.0213. The van der Waals surface area contributed by atoms with Crippen molar-refractivity contribution < 1.29 is 0 Å². The van der Waals surface area contributed by atoms with Crippen LogP contribution < -0.4 is 22.0 Å². The Morgan fingerprint density at radius 3 is 2.00 bits per heavy atom. The Hall–Kier alpha value is -4.20. The van der Waals surface area contributed by atoms with Crippen LogP contribution in [-0.2, 0) is 0 Å². The van der Waals surface area contributed by atoms with Crippen molar-refractivity contribution in [2.45, 2.75) is 0 Å². The number of nitrogens with one attached hydrogen (secondary N) is 2. The summed E-state index contributed by atoms with van der Waals surface area (Å²) in [4.78, 5) is 54.1. The van der Waals surface area contributed by atoms with Crippen molar-refractivity contribution in [1.29, 1.82) is 0 Å². The highest BCUT2D eigenvalue weighted by Gasteiger charge is 2.12. The average Bonchev–Trinajstić information content (AvgIpc) is 2.93. The minimum atomic E-state index is -0.555. The van der Waals surface area contributed by atoms with E-state index in [9.17, 15) is 19.2 Å². The van der Waals surface area contributed by atoms with Gasteiger partial charge in [0.15, 0.2) is 10.9 Å². The van der Waals surface area contributed by atoms with Crippen LogP contribution >= 0.6 is 0 Å². The molecule has 0 unspecified atom stereocenters. The molecule has 0 spiro atoms. The summed E-state index contributed by atoms with van der Waals surface area (Å²) in [6.45, 7) is 0. The lowest BCUT2D eigenvalue weighted by Crippen LogP contribution is -2.04. The molecule has 0 aliphatic rings. The molecule has 0 atom stereocenters. The number of aromatic nitrogens is 2. The normalized spacial score (nSPS) is 11.3. The first-order chi connectivity index (χ1) is 13.5. The molecule has 4 aromatic rings. The van der Waals surface area contributed by atoms with Gasteiger partial charge in [-0.25, -0.2) is 0 Å². The number of fused-ring (bicyclic) bond motifs is 3. The first-order valence-corrected chi connectivity index (χ1v) is 8.27. The van der Waals surface area contributed by atoms with Crippen molar-refractivity contribution in [1.82, 2.24) is 9.97 Å². The zero-order valence-electron chi connectivity index (χ0n) is 14.3. The molecule has 136 valence electrons. The summed E-state index contributed by atoms with van der Waals surface area (Å²) >= 11 is 0. The molecule has 0 saturated heterocycles. The van der Waals surface area contributed by atoms with Gasteiger partial charge < -0.3 is 9.97 Å². The molecule has 28 heavy (non-hydrogen) atoms. The Bertz CT molecular complexity index is 1490. The van der Waals surface area contributed by atoms with Gasteiger partial charge in [0.2, 0.25) is 11.1 Å². The van der Waals surface area contributed by atoms with Crippen molar-refractivity contribution >= 4 is 33.2 Å². The quantitative estimate of drug-likeness (QED) is 0.524. The fourth-order valence-electron chi connectivity index (χ4n) is 2.86. The number of hydrogen-bond donors (Lipinski definition) is 2. The molecule has 0 radical (unpaired) electrons. The average molecular weight is 372 g/mol. The van der Waals surface area contributed by atoms with Gasteiger partial charge in [0.05, 0.1) is 22.1 Å². The number of hydrogen-bond acceptors (Lipinski definition) is 6. The molecule has 0 aliphatic carbocycles. The van der Waals surface area contributed by atoms with Crippen LogP contribution in [0.1, 0.15) is 0 Å². The van der Waals surface area contributed by atoms with Gasteiger partial charge in [-0.15, -0.1) is 5.11 Å². The number of aromatic amines is 2. The van der Waals surface area contributed by atoms with Gasteiger partial charge in [-0.3, -0.25) is 19.2 Å². The third kappa shape index (κ3) is 3.14. The molecule has 4 rings (SSSR count). The third-order valence-corrected chi connectivity index (χ3v) is 4.12. The molecule has 8 nitrogen and oxygen atoms in total. The van der Waals surface area contributed by atoms with Gasteiger partial charge in [0.25, 0.3) is 0 Å². The van der Waals surface area contributed by atoms with E-state index in [-0.39, 0.29) is 27.5 Å². The van der Waals surface area contributed by atoms with E-state index < -0.39 is 22.0 Å². The topological polar surface area (TPSA) is 125 Å². The lowest BCUT2D eigenvalue weighted by molar-refractivity contribution is 1.23. The fraction of sp³-hybridized carbons (Fsp3) is 0. The van der Waals surface area contributed by atoms with E-state index in [1.54, 1.807) is 24.3 Å². The number of benzene rings is 2. The fourth-order valence-corrected chi connectivity index (χ4v) is 2.86. The second-order valence-corrected chi connectivity index (χ2v) is 5.98. The van der Waals surface area contributed by atoms with Crippen molar-refractivity contribution in [3.05, 3.63) is 102 Å². The molecular formula is C20H12N4O4. The second-order valence-electron chi connectivity index (χ2n) is 5.98. The summed E-state index contributed by atoms with van der Waals surface area (Å²) in [5, 5.41) is 8.30. The molecule has 2 N–H and O–H groups in total. The standard InChI is InChI=1S/C20H12N4O4/c25-14-6-8-16(27)21-19-12(14)10-13(24-23-11-4-2-1-3-5-11)20-18(19)15(26)7-9-17(28)22-20/h1-10H,(H,21,27)(H,22,28). The van der Waals surface area contributed by atoms with Crippen LogP contribution in [0.25, 0.3) is 21.8 Å². The van der Waals surface area contributed by atoms with Crippen LogP contribution in [0.2, 0.25) is 0 Å². The largest absolute Gasteiger partial charge is 0.321 e. The van der Waals surface area contributed by atoms with Crippen LogP contribution in [0, 0.1) is 0 Å². The molecule has 8 heteroatoms. The van der Waals surface area contributed by atoms with Gasteiger partial charge >= 0.3 is 0 Å². The summed E-state index contributed by atoms with van der Waals surface area (Å²) in [7, 11) is 0. The monoisotopic (exact) mass is 372 g/mol. The second kappa shape index (κ2) is 6.84. The SMILES string of the molecule is O=c1ccc(=O)c2c([nH]1)c(N=Nc1ccccc1)cc1c(=O)ccc(=O)[nH]c12. The molecule has 0 bridgehead atoms. The first-order valence-electron chi connectivity index (χ1n) is 8.27. The molecule has 2 aromatic carbocycles. The lowest BCUT2D eigenvalue weighted by atomic mass is 10.1. The highest BCUT2D eigenvalue weighted by atomic mass is 16.1. The number of nitrogens with zero attached hydrogens (tertiary/aromatic N) is 2. The van der Waals surface area contributed by atoms with E-state index in [4.69, 9.17) is 0 Å². The van der Waals surface area contributed by atoms with Crippen LogP contribution in [0.5, 0.6) is 0 Å². The molecule has 2 aromatic heterocycles. The first kappa shape index (κ1) is 17.2. The Balaban J connectivity index is 2.22. The van der Waals surface area contributed by atoms with Gasteiger partial charge in [-0.2, -0.15) is 5.11 Å². The number of H-pyrrole nitrogens is 2. The van der Waals surface area contributed by atoms with E-state index in [0.29, 0.717) is 5.69 Å². The van der Waals surface area contributed by atoms with Crippen LogP contribution in [0.15, 0.2) is 90.1 Å². The van der Waals surface area contributed by atoms with E-state index in [2.05, 4.69) is 20.2 Å². The van der Waals surface area contributed by atoms with E-state index in [1.807, 2.05) is 6.07 Å². The van der Waals surface area contributed by atoms with Crippen molar-refractivity contribution in [2.24, 2.45) is 10.2 Å². The summed E-state index contributed by atoms with van der Waals surface area (Å²) in [5.41, 5.74) is -1.32. The molecule has 0 amide bonds. The summed E-state index contributed by atoms with van der Waals surface area (Å²) in [6, 6.07) is 14.6. The van der Waals surface area contributed by atoms with Crippen molar-refractivity contribution in [3.63, 3.8) is 0 Å². The summed E-state index contributed by atoms with van der Waals surface area (Å²) in [6.07, 6.45) is 0. The summed E-state index contributed by atoms with van der Waals surface area (Å²) in [5.74, 6) is 0. The molecule has 0 aliphatic heterocycles. The van der Waals surface area contributed by atoms with Crippen LogP contribution in [0.3, 0.4) is 0 Å². The maximum absolute atomic E-state index is 12.6. The van der Waals surface area contributed by atoms with Crippen LogP contribution in [0.4, 0.5) is 11.4 Å². The highest BCUT2D eigenvalue weighted by Crippen LogP contribution is 2.28. The molecular weight excluding hydrogens is 360 g/mol. The Morgan fingerprint density at radius 1 is 0.643 bits per heavy atom. The zero-order valence-corrected chi connectivity index (χ0v) is 14.3. The maximum atomic E-state index is 12.6. The Kier molecular flexibility index (Phi) is 4.21. The van der Waals surface area contributed by atoms with Gasteiger partial charge in [-0.05, 0) is 30.3 Å². The van der Waals surface area contributed by atoms with Crippen molar-refractivity contribution in [3.8, 4) is 0 Å². The van der Waals surface area contributed by atoms with E-state index in [0.717, 1.165) is 24.3 Å². The smallest absolute Gasteiger partial charge is 0.248 e. The van der Waals surface area contributed by atoms with Gasteiger partial charge in [0.1, 0.15) is 5.69 Å². The van der Waals surface area contributed by atoms with Gasteiger partial charge in [0, 0.05) is 17.5 Å². The minimum Gasteiger partial charge on any atom is -0.321 e.